The SMILES string of the molecule is CN(C)CCC1(C)OCCC2=C1c1ccccc1C2. The van der Waals surface area contributed by atoms with E-state index in [2.05, 4.69) is 50.2 Å². The lowest BCUT2D eigenvalue weighted by molar-refractivity contribution is -0.00285. The Kier molecular flexibility index (Phi) is 3.23. The molecule has 0 saturated heterocycles. The zero-order valence-electron chi connectivity index (χ0n) is 12.2. The number of hydrogen-bond acceptors (Lipinski definition) is 2. The van der Waals surface area contributed by atoms with Gasteiger partial charge in [-0.1, -0.05) is 29.8 Å². The summed E-state index contributed by atoms with van der Waals surface area (Å²) in [5, 5.41) is 0. The number of ether oxygens (including phenoxy) is 1. The molecule has 1 aliphatic heterocycles. The Hall–Kier alpha value is -1.12. The van der Waals surface area contributed by atoms with Crippen LogP contribution in [-0.2, 0) is 11.2 Å². The predicted molar refractivity (Wildman–Crippen MR) is 79.2 cm³/mol. The molecular formula is C17H23NO. The first kappa shape index (κ1) is 12.9. The van der Waals surface area contributed by atoms with E-state index in [-0.39, 0.29) is 5.60 Å². The number of hydrogen-bond donors (Lipinski definition) is 0. The van der Waals surface area contributed by atoms with Crippen molar-refractivity contribution in [3.63, 3.8) is 0 Å². The van der Waals surface area contributed by atoms with Crippen LogP contribution in [0, 0.1) is 0 Å². The molecule has 0 bridgehead atoms. The lowest BCUT2D eigenvalue weighted by Crippen LogP contribution is -2.37. The second-order valence-corrected chi connectivity index (χ2v) is 6.20. The van der Waals surface area contributed by atoms with Crippen molar-refractivity contribution < 1.29 is 4.74 Å². The molecule has 19 heavy (non-hydrogen) atoms. The maximum Gasteiger partial charge on any atom is 0.0921 e. The van der Waals surface area contributed by atoms with Gasteiger partial charge in [0.05, 0.1) is 12.2 Å². The number of benzene rings is 1. The van der Waals surface area contributed by atoms with Crippen LogP contribution < -0.4 is 0 Å². The van der Waals surface area contributed by atoms with Crippen LogP contribution in [0.15, 0.2) is 29.8 Å². The van der Waals surface area contributed by atoms with Gasteiger partial charge in [0.2, 0.25) is 0 Å². The third-order valence-electron chi connectivity index (χ3n) is 4.43. The molecule has 0 amide bonds. The van der Waals surface area contributed by atoms with Gasteiger partial charge in [-0.05, 0) is 57.0 Å². The van der Waals surface area contributed by atoms with Crippen molar-refractivity contribution in [3.8, 4) is 0 Å². The van der Waals surface area contributed by atoms with Crippen molar-refractivity contribution >= 4 is 5.57 Å². The van der Waals surface area contributed by atoms with Crippen LogP contribution in [0.5, 0.6) is 0 Å². The highest BCUT2D eigenvalue weighted by Crippen LogP contribution is 2.46. The lowest BCUT2D eigenvalue weighted by atomic mass is 9.84. The van der Waals surface area contributed by atoms with Gasteiger partial charge in [0.15, 0.2) is 0 Å². The molecule has 0 spiro atoms. The van der Waals surface area contributed by atoms with Gasteiger partial charge in [0.1, 0.15) is 0 Å². The van der Waals surface area contributed by atoms with Crippen LogP contribution in [0.2, 0.25) is 0 Å². The molecule has 2 aliphatic rings. The monoisotopic (exact) mass is 257 g/mol. The highest BCUT2D eigenvalue weighted by atomic mass is 16.5. The lowest BCUT2D eigenvalue weighted by Gasteiger charge is -2.37. The van der Waals surface area contributed by atoms with Gasteiger partial charge in [-0.3, -0.25) is 0 Å². The molecule has 0 aromatic heterocycles. The summed E-state index contributed by atoms with van der Waals surface area (Å²) < 4.78 is 6.20. The highest BCUT2D eigenvalue weighted by molar-refractivity contribution is 5.81. The van der Waals surface area contributed by atoms with E-state index < -0.39 is 0 Å². The zero-order valence-corrected chi connectivity index (χ0v) is 12.2. The number of nitrogens with zero attached hydrogens (tertiary/aromatic N) is 1. The molecule has 2 nitrogen and oxygen atoms in total. The molecule has 0 fully saturated rings. The van der Waals surface area contributed by atoms with E-state index in [0.29, 0.717) is 0 Å². The molecule has 0 radical (unpaired) electrons. The molecule has 1 aromatic rings. The summed E-state index contributed by atoms with van der Waals surface area (Å²) in [6.45, 7) is 4.21. The second kappa shape index (κ2) is 4.77. The number of fused-ring (bicyclic) bond motifs is 2. The van der Waals surface area contributed by atoms with E-state index in [4.69, 9.17) is 4.74 Å². The molecule has 1 atom stereocenters. The molecule has 0 saturated carbocycles. The Bertz CT molecular complexity index is 518. The summed E-state index contributed by atoms with van der Waals surface area (Å²) >= 11 is 0. The predicted octanol–water partition coefficient (Wildman–Crippen LogP) is 3.13. The minimum Gasteiger partial charge on any atom is -0.370 e. The Morgan fingerprint density at radius 2 is 2.05 bits per heavy atom. The zero-order chi connectivity index (χ0) is 13.5. The first-order valence-corrected chi connectivity index (χ1v) is 7.20. The fourth-order valence-electron chi connectivity index (χ4n) is 3.41. The van der Waals surface area contributed by atoms with Gasteiger partial charge < -0.3 is 9.64 Å². The highest BCUT2D eigenvalue weighted by Gasteiger charge is 2.39. The summed E-state index contributed by atoms with van der Waals surface area (Å²) in [5.74, 6) is 0. The van der Waals surface area contributed by atoms with Crippen molar-refractivity contribution in [2.24, 2.45) is 0 Å². The molecular weight excluding hydrogens is 234 g/mol. The standard InChI is InChI=1S/C17H23NO/c1-17(9-10-18(2)3)16-14(8-11-19-17)12-13-6-4-5-7-15(13)16/h4-7H,8-12H2,1-3H3. The average Bonchev–Trinajstić information content (AvgIpc) is 2.76. The van der Waals surface area contributed by atoms with Crippen LogP contribution in [0.3, 0.4) is 0 Å². The van der Waals surface area contributed by atoms with E-state index in [9.17, 15) is 0 Å². The van der Waals surface area contributed by atoms with Gasteiger partial charge in [0.25, 0.3) is 0 Å². The van der Waals surface area contributed by atoms with Crippen molar-refractivity contribution in [3.05, 3.63) is 41.0 Å². The topological polar surface area (TPSA) is 12.5 Å². The molecule has 1 aromatic carbocycles. The van der Waals surface area contributed by atoms with Gasteiger partial charge in [-0.25, -0.2) is 0 Å². The van der Waals surface area contributed by atoms with Crippen molar-refractivity contribution in [2.75, 3.05) is 27.2 Å². The van der Waals surface area contributed by atoms with Crippen LogP contribution in [0.25, 0.3) is 5.57 Å². The minimum absolute atomic E-state index is 0.107. The first-order valence-electron chi connectivity index (χ1n) is 7.20. The Labute approximate surface area is 116 Å². The van der Waals surface area contributed by atoms with Crippen molar-refractivity contribution in [1.29, 1.82) is 0 Å². The quantitative estimate of drug-likeness (QED) is 0.825. The van der Waals surface area contributed by atoms with Crippen LogP contribution >= 0.6 is 0 Å². The van der Waals surface area contributed by atoms with Crippen molar-refractivity contribution in [1.82, 2.24) is 4.90 Å². The van der Waals surface area contributed by atoms with E-state index >= 15 is 0 Å². The fraction of sp³-hybridized carbons (Fsp3) is 0.529. The third-order valence-corrected chi connectivity index (χ3v) is 4.43. The maximum atomic E-state index is 6.20. The molecule has 0 N–H and O–H groups in total. The Morgan fingerprint density at radius 3 is 2.84 bits per heavy atom. The van der Waals surface area contributed by atoms with Crippen LogP contribution in [0.4, 0.5) is 0 Å². The van der Waals surface area contributed by atoms with E-state index in [1.54, 1.807) is 5.57 Å². The molecule has 3 rings (SSSR count). The molecule has 2 heteroatoms. The first-order chi connectivity index (χ1) is 9.10. The largest absolute Gasteiger partial charge is 0.370 e. The molecule has 1 heterocycles. The molecule has 1 unspecified atom stereocenters. The maximum absolute atomic E-state index is 6.20. The summed E-state index contributed by atoms with van der Waals surface area (Å²) in [6.07, 6.45) is 3.29. The third kappa shape index (κ3) is 2.24. The van der Waals surface area contributed by atoms with Gasteiger partial charge in [0, 0.05) is 6.54 Å². The summed E-state index contributed by atoms with van der Waals surface area (Å²) in [5.41, 5.74) is 5.89. The second-order valence-electron chi connectivity index (χ2n) is 6.20. The van der Waals surface area contributed by atoms with E-state index in [1.165, 1.54) is 16.7 Å². The fourth-order valence-corrected chi connectivity index (χ4v) is 3.41. The normalized spacial score (nSPS) is 25.7. The summed E-state index contributed by atoms with van der Waals surface area (Å²) in [7, 11) is 4.26. The molecule has 102 valence electrons. The van der Waals surface area contributed by atoms with Crippen molar-refractivity contribution in [2.45, 2.75) is 31.8 Å². The van der Waals surface area contributed by atoms with Crippen LogP contribution in [0.1, 0.15) is 30.9 Å². The smallest absolute Gasteiger partial charge is 0.0921 e. The summed E-state index contributed by atoms with van der Waals surface area (Å²) in [4.78, 5) is 2.24. The van der Waals surface area contributed by atoms with Gasteiger partial charge in [-0.15, -0.1) is 0 Å². The average molecular weight is 257 g/mol. The summed E-state index contributed by atoms with van der Waals surface area (Å²) in [6, 6.07) is 8.82. The van der Waals surface area contributed by atoms with Gasteiger partial charge >= 0.3 is 0 Å². The van der Waals surface area contributed by atoms with E-state index in [1.807, 2.05) is 0 Å². The number of rotatable bonds is 3. The minimum atomic E-state index is -0.107. The molecule has 1 aliphatic carbocycles. The Balaban J connectivity index is 1.96. The Morgan fingerprint density at radius 1 is 1.26 bits per heavy atom. The van der Waals surface area contributed by atoms with Gasteiger partial charge in [-0.2, -0.15) is 0 Å². The van der Waals surface area contributed by atoms with E-state index in [0.717, 1.165) is 32.4 Å². The van der Waals surface area contributed by atoms with Crippen LogP contribution in [-0.4, -0.2) is 37.7 Å².